The largest absolute Gasteiger partial charge is 0.475 e. The first kappa shape index (κ1) is 18.8. The van der Waals surface area contributed by atoms with Crippen LogP contribution in [-0.4, -0.2) is 47.1 Å². The lowest BCUT2D eigenvalue weighted by molar-refractivity contribution is 0.252. The molecule has 3 rings (SSSR count). The molecule has 7 heteroatoms. The van der Waals surface area contributed by atoms with Gasteiger partial charge in [-0.25, -0.2) is 15.0 Å². The summed E-state index contributed by atoms with van der Waals surface area (Å²) in [6.07, 6.45) is 3.44. The molecule has 0 bridgehead atoms. The number of rotatable bonds is 7. The van der Waals surface area contributed by atoms with Crippen LogP contribution >= 0.6 is 23.1 Å². The van der Waals surface area contributed by atoms with Crippen molar-refractivity contribution in [3.05, 3.63) is 46.5 Å². The average molecular weight is 387 g/mol. The highest BCUT2D eigenvalue weighted by molar-refractivity contribution is 7.99. The smallest absolute Gasteiger partial charge is 0.232 e. The van der Waals surface area contributed by atoms with Gasteiger partial charge in [-0.1, -0.05) is 11.8 Å². The SMILES string of the molecule is Cc1cc(Sc2cnc(OCCN(C)C)cn2)cc(C)c1-c1cscn1. The third kappa shape index (κ3) is 4.81. The van der Waals surface area contributed by atoms with E-state index in [1.807, 2.05) is 19.6 Å². The molecule has 0 spiro atoms. The van der Waals surface area contributed by atoms with Crippen LogP contribution in [0.3, 0.4) is 0 Å². The van der Waals surface area contributed by atoms with Gasteiger partial charge >= 0.3 is 0 Å². The molecule has 0 fully saturated rings. The molecule has 3 aromatic rings. The van der Waals surface area contributed by atoms with Gasteiger partial charge in [0, 0.05) is 22.4 Å². The Morgan fingerprint density at radius 3 is 2.42 bits per heavy atom. The fraction of sp³-hybridized carbons (Fsp3) is 0.316. The summed E-state index contributed by atoms with van der Waals surface area (Å²) in [5.74, 6) is 0.558. The van der Waals surface area contributed by atoms with E-state index in [9.17, 15) is 0 Å². The Bertz CT molecular complexity index is 825. The van der Waals surface area contributed by atoms with Crippen molar-refractivity contribution in [3.8, 4) is 17.1 Å². The quantitative estimate of drug-likeness (QED) is 0.603. The van der Waals surface area contributed by atoms with Crippen LogP contribution in [0.4, 0.5) is 0 Å². The maximum absolute atomic E-state index is 5.59. The third-order valence-corrected chi connectivity index (χ3v) is 5.29. The number of benzene rings is 1. The lowest BCUT2D eigenvalue weighted by atomic mass is 10.0. The molecule has 0 aliphatic carbocycles. The topological polar surface area (TPSA) is 51.1 Å². The molecular formula is C19H22N4OS2. The minimum atomic E-state index is 0.558. The number of hydrogen-bond donors (Lipinski definition) is 0. The molecule has 0 aliphatic heterocycles. The van der Waals surface area contributed by atoms with Crippen LogP contribution in [0, 0.1) is 13.8 Å². The number of hydrogen-bond acceptors (Lipinski definition) is 7. The fourth-order valence-corrected chi connectivity index (χ4v) is 4.07. The summed E-state index contributed by atoms with van der Waals surface area (Å²) in [4.78, 5) is 16.5. The number of ether oxygens (including phenoxy) is 1. The Morgan fingerprint density at radius 1 is 1.08 bits per heavy atom. The van der Waals surface area contributed by atoms with Crippen molar-refractivity contribution in [3.63, 3.8) is 0 Å². The van der Waals surface area contributed by atoms with E-state index in [-0.39, 0.29) is 0 Å². The van der Waals surface area contributed by atoms with Gasteiger partial charge in [-0.2, -0.15) is 0 Å². The van der Waals surface area contributed by atoms with E-state index in [1.54, 1.807) is 35.5 Å². The number of thiazole rings is 1. The van der Waals surface area contributed by atoms with Crippen molar-refractivity contribution in [1.82, 2.24) is 19.9 Å². The second-order valence-electron chi connectivity index (χ2n) is 6.25. The van der Waals surface area contributed by atoms with Crippen molar-refractivity contribution in [2.45, 2.75) is 23.8 Å². The van der Waals surface area contributed by atoms with Crippen molar-refractivity contribution in [2.24, 2.45) is 0 Å². The molecule has 0 N–H and O–H groups in total. The number of aromatic nitrogens is 3. The van der Waals surface area contributed by atoms with Crippen LogP contribution < -0.4 is 4.74 Å². The molecule has 136 valence electrons. The van der Waals surface area contributed by atoms with Gasteiger partial charge in [-0.15, -0.1) is 11.3 Å². The number of aryl methyl sites for hydroxylation is 2. The summed E-state index contributed by atoms with van der Waals surface area (Å²) in [5, 5.41) is 2.94. The van der Waals surface area contributed by atoms with Gasteiger partial charge in [-0.05, 0) is 51.2 Å². The zero-order valence-electron chi connectivity index (χ0n) is 15.4. The van der Waals surface area contributed by atoms with Gasteiger partial charge in [0.2, 0.25) is 5.88 Å². The molecule has 5 nitrogen and oxygen atoms in total. The second kappa shape index (κ2) is 8.62. The third-order valence-electron chi connectivity index (χ3n) is 3.81. The first-order chi connectivity index (χ1) is 12.5. The minimum absolute atomic E-state index is 0.558. The van der Waals surface area contributed by atoms with Crippen LogP contribution in [0.1, 0.15) is 11.1 Å². The van der Waals surface area contributed by atoms with Gasteiger partial charge in [0.1, 0.15) is 11.6 Å². The molecule has 26 heavy (non-hydrogen) atoms. The lowest BCUT2D eigenvalue weighted by Gasteiger charge is -2.11. The summed E-state index contributed by atoms with van der Waals surface area (Å²) in [6.45, 7) is 5.70. The van der Waals surface area contributed by atoms with Crippen molar-refractivity contribution in [1.29, 1.82) is 0 Å². The van der Waals surface area contributed by atoms with Crippen molar-refractivity contribution in [2.75, 3.05) is 27.2 Å². The van der Waals surface area contributed by atoms with Gasteiger partial charge in [0.25, 0.3) is 0 Å². The first-order valence-electron chi connectivity index (χ1n) is 8.30. The van der Waals surface area contributed by atoms with Crippen LogP contribution in [0.25, 0.3) is 11.3 Å². The fourth-order valence-electron chi connectivity index (χ4n) is 2.61. The van der Waals surface area contributed by atoms with Gasteiger partial charge in [0.15, 0.2) is 0 Å². The molecule has 0 saturated heterocycles. The Balaban J connectivity index is 1.69. The average Bonchev–Trinajstić information content (AvgIpc) is 3.09. The summed E-state index contributed by atoms with van der Waals surface area (Å²) in [5.41, 5.74) is 6.56. The van der Waals surface area contributed by atoms with Crippen LogP contribution in [-0.2, 0) is 0 Å². The van der Waals surface area contributed by atoms with Crippen LogP contribution in [0.15, 0.2) is 45.3 Å². The van der Waals surface area contributed by atoms with Gasteiger partial charge < -0.3 is 9.64 Å². The van der Waals surface area contributed by atoms with E-state index in [2.05, 4.69) is 51.2 Å². The maximum Gasteiger partial charge on any atom is 0.232 e. The zero-order chi connectivity index (χ0) is 18.5. The highest BCUT2D eigenvalue weighted by atomic mass is 32.2. The Hall–Kier alpha value is -1.96. The molecule has 0 aliphatic rings. The zero-order valence-corrected chi connectivity index (χ0v) is 17.0. The highest BCUT2D eigenvalue weighted by Crippen LogP contribution is 2.33. The number of nitrogens with zero attached hydrogens (tertiary/aromatic N) is 4. The molecule has 1 aromatic carbocycles. The molecular weight excluding hydrogens is 364 g/mol. The van der Waals surface area contributed by atoms with Crippen LogP contribution in [0.5, 0.6) is 5.88 Å². The first-order valence-corrected chi connectivity index (χ1v) is 10.1. The Kier molecular flexibility index (Phi) is 6.24. The summed E-state index contributed by atoms with van der Waals surface area (Å²) >= 11 is 3.22. The standard InChI is InChI=1S/C19H22N4OS2/c1-13-7-15(8-14(2)19(13)16-11-25-12-22-16)26-18-10-20-17(9-21-18)24-6-5-23(3)4/h7-12H,5-6H2,1-4H3. The highest BCUT2D eigenvalue weighted by Gasteiger charge is 2.11. The Labute approximate surface area is 162 Å². The minimum Gasteiger partial charge on any atom is -0.475 e. The van der Waals surface area contributed by atoms with E-state index in [1.165, 1.54) is 16.7 Å². The molecule has 0 amide bonds. The predicted octanol–water partition coefficient (Wildman–Crippen LogP) is 4.31. The predicted molar refractivity (Wildman–Crippen MR) is 107 cm³/mol. The summed E-state index contributed by atoms with van der Waals surface area (Å²) in [6, 6.07) is 4.35. The van der Waals surface area contributed by atoms with E-state index in [0.717, 1.165) is 22.2 Å². The van der Waals surface area contributed by atoms with E-state index in [4.69, 9.17) is 4.74 Å². The monoisotopic (exact) mass is 386 g/mol. The normalized spacial score (nSPS) is 11.1. The van der Waals surface area contributed by atoms with Gasteiger partial charge in [0.05, 0.1) is 23.6 Å². The second-order valence-corrected chi connectivity index (χ2v) is 8.06. The molecule has 0 radical (unpaired) electrons. The van der Waals surface area contributed by atoms with E-state index in [0.29, 0.717) is 12.5 Å². The summed E-state index contributed by atoms with van der Waals surface area (Å²) < 4.78 is 5.59. The van der Waals surface area contributed by atoms with E-state index < -0.39 is 0 Å². The van der Waals surface area contributed by atoms with Crippen LogP contribution in [0.2, 0.25) is 0 Å². The molecule has 0 saturated carbocycles. The maximum atomic E-state index is 5.59. The number of likely N-dealkylation sites (N-methyl/N-ethyl adjacent to an activating group) is 1. The lowest BCUT2D eigenvalue weighted by Crippen LogP contribution is -2.19. The van der Waals surface area contributed by atoms with Crippen molar-refractivity contribution >= 4 is 23.1 Å². The Morgan fingerprint density at radius 2 is 1.85 bits per heavy atom. The van der Waals surface area contributed by atoms with Gasteiger partial charge in [-0.3, -0.25) is 0 Å². The molecule has 0 unspecified atom stereocenters. The summed E-state index contributed by atoms with van der Waals surface area (Å²) in [7, 11) is 4.02. The molecule has 2 heterocycles. The van der Waals surface area contributed by atoms with E-state index >= 15 is 0 Å². The molecule has 0 atom stereocenters. The molecule has 2 aromatic heterocycles. The van der Waals surface area contributed by atoms with Crippen molar-refractivity contribution < 1.29 is 4.74 Å².